The van der Waals surface area contributed by atoms with Gasteiger partial charge in [-0.15, -0.1) is 0 Å². The van der Waals surface area contributed by atoms with E-state index in [1.54, 1.807) is 18.2 Å². The summed E-state index contributed by atoms with van der Waals surface area (Å²) in [6, 6.07) is 22.5. The number of benzene rings is 3. The normalized spacial score (nSPS) is 13.8. The van der Waals surface area contributed by atoms with Crippen LogP contribution in [0.1, 0.15) is 26.5 Å². The van der Waals surface area contributed by atoms with Crippen LogP contribution in [0.4, 0.5) is 11.4 Å². The van der Waals surface area contributed by atoms with Crippen molar-refractivity contribution in [3.63, 3.8) is 0 Å². The minimum Gasteiger partial charge on any atom is -0.451 e. The van der Waals surface area contributed by atoms with Crippen LogP contribution in [0, 0.1) is 6.92 Å². The molecule has 5 rings (SSSR count). The van der Waals surface area contributed by atoms with Crippen molar-refractivity contribution in [3.8, 4) is 0 Å². The summed E-state index contributed by atoms with van der Waals surface area (Å²) in [5.41, 5.74) is 3.92. The molecule has 2 heterocycles. The second kappa shape index (κ2) is 9.23. The quantitative estimate of drug-likeness (QED) is 0.418. The Balaban J connectivity index is 1.19. The molecular formula is C27H24ClN3O3. The lowest BCUT2D eigenvalue weighted by atomic mass is 10.1. The predicted octanol–water partition coefficient (Wildman–Crippen LogP) is 5.61. The molecule has 0 unspecified atom stereocenters. The van der Waals surface area contributed by atoms with Gasteiger partial charge in [-0.05, 0) is 61.0 Å². The summed E-state index contributed by atoms with van der Waals surface area (Å²) in [6.07, 6.45) is 0. The van der Waals surface area contributed by atoms with Crippen molar-refractivity contribution in [3.05, 3.63) is 94.7 Å². The van der Waals surface area contributed by atoms with Gasteiger partial charge in [-0.2, -0.15) is 0 Å². The molecule has 0 radical (unpaired) electrons. The van der Waals surface area contributed by atoms with Crippen LogP contribution < -0.4 is 10.2 Å². The first-order chi connectivity index (χ1) is 16.5. The molecule has 0 spiro atoms. The van der Waals surface area contributed by atoms with Crippen LogP contribution >= 0.6 is 11.6 Å². The van der Waals surface area contributed by atoms with Crippen LogP contribution in [0.15, 0.2) is 77.2 Å². The number of amides is 2. The maximum atomic E-state index is 12.9. The number of carbonyl (C=O) groups is 2. The Labute approximate surface area is 202 Å². The summed E-state index contributed by atoms with van der Waals surface area (Å²) < 4.78 is 5.74. The van der Waals surface area contributed by atoms with Crippen LogP contribution in [-0.2, 0) is 0 Å². The van der Waals surface area contributed by atoms with E-state index in [0.29, 0.717) is 35.1 Å². The van der Waals surface area contributed by atoms with E-state index in [0.717, 1.165) is 35.3 Å². The van der Waals surface area contributed by atoms with E-state index in [2.05, 4.69) is 10.2 Å². The first-order valence-electron chi connectivity index (χ1n) is 11.2. The Morgan fingerprint density at radius 2 is 1.65 bits per heavy atom. The van der Waals surface area contributed by atoms with Crippen LogP contribution in [0.2, 0.25) is 5.02 Å². The van der Waals surface area contributed by atoms with Crippen LogP contribution in [0.5, 0.6) is 0 Å². The Bertz CT molecular complexity index is 1320. The van der Waals surface area contributed by atoms with Gasteiger partial charge in [-0.25, -0.2) is 0 Å². The van der Waals surface area contributed by atoms with Gasteiger partial charge in [0.1, 0.15) is 5.58 Å². The van der Waals surface area contributed by atoms with E-state index < -0.39 is 0 Å². The second-order valence-corrected chi connectivity index (χ2v) is 8.82. The van der Waals surface area contributed by atoms with Gasteiger partial charge in [0.2, 0.25) is 0 Å². The van der Waals surface area contributed by atoms with Gasteiger partial charge in [0.15, 0.2) is 5.76 Å². The predicted molar refractivity (Wildman–Crippen MR) is 135 cm³/mol. The summed E-state index contributed by atoms with van der Waals surface area (Å²) in [5.74, 6) is 0.0579. The first-order valence-corrected chi connectivity index (χ1v) is 11.6. The number of halogens is 1. The molecule has 6 nitrogen and oxygen atoms in total. The largest absolute Gasteiger partial charge is 0.451 e. The van der Waals surface area contributed by atoms with Crippen molar-refractivity contribution in [1.29, 1.82) is 0 Å². The molecule has 0 bridgehead atoms. The number of rotatable bonds is 4. The van der Waals surface area contributed by atoms with Crippen molar-refractivity contribution >= 4 is 45.8 Å². The SMILES string of the molecule is Cc1ccc(C(=O)Nc2ccc(N3CCN(C(=O)c4cc5ccccc5o4)CC3)cc2)c(Cl)c1. The highest BCUT2D eigenvalue weighted by molar-refractivity contribution is 6.34. The smallest absolute Gasteiger partial charge is 0.289 e. The molecule has 0 atom stereocenters. The van der Waals surface area contributed by atoms with Crippen molar-refractivity contribution in [2.45, 2.75) is 6.92 Å². The van der Waals surface area contributed by atoms with Gasteiger partial charge in [-0.1, -0.05) is 35.9 Å². The molecule has 7 heteroatoms. The standard InChI is InChI=1S/C27H24ClN3O3/c1-18-6-11-22(23(28)16-18)26(32)29-20-7-9-21(10-8-20)30-12-14-31(15-13-30)27(33)25-17-19-4-2-3-5-24(19)34-25/h2-11,16-17H,12-15H2,1H3,(H,29,32). The molecule has 0 saturated carbocycles. The van der Waals surface area contributed by atoms with Crippen molar-refractivity contribution in [2.24, 2.45) is 0 Å². The van der Waals surface area contributed by atoms with E-state index in [9.17, 15) is 9.59 Å². The van der Waals surface area contributed by atoms with E-state index in [-0.39, 0.29) is 11.8 Å². The molecule has 1 saturated heterocycles. The number of aryl methyl sites for hydroxylation is 1. The molecular weight excluding hydrogens is 450 g/mol. The van der Waals surface area contributed by atoms with Gasteiger partial charge >= 0.3 is 0 Å². The van der Waals surface area contributed by atoms with Crippen molar-refractivity contribution in [2.75, 3.05) is 36.4 Å². The zero-order valence-corrected chi connectivity index (χ0v) is 19.5. The summed E-state index contributed by atoms with van der Waals surface area (Å²) in [7, 11) is 0. The highest BCUT2D eigenvalue weighted by atomic mass is 35.5. The number of furan rings is 1. The Kier molecular flexibility index (Phi) is 5.99. The summed E-state index contributed by atoms with van der Waals surface area (Å²) in [5, 5.41) is 4.26. The Hall–Kier alpha value is -3.77. The Morgan fingerprint density at radius 1 is 0.912 bits per heavy atom. The molecule has 172 valence electrons. The maximum Gasteiger partial charge on any atom is 0.289 e. The monoisotopic (exact) mass is 473 g/mol. The fourth-order valence-corrected chi connectivity index (χ4v) is 4.49. The third-order valence-corrected chi connectivity index (χ3v) is 6.38. The zero-order chi connectivity index (χ0) is 23.7. The van der Waals surface area contributed by atoms with Crippen LogP contribution in [-0.4, -0.2) is 42.9 Å². The van der Waals surface area contributed by atoms with Crippen LogP contribution in [0.25, 0.3) is 11.0 Å². The average molecular weight is 474 g/mol. The van der Waals surface area contributed by atoms with E-state index >= 15 is 0 Å². The number of hydrogen-bond donors (Lipinski definition) is 1. The number of hydrogen-bond acceptors (Lipinski definition) is 4. The van der Waals surface area contributed by atoms with E-state index in [1.807, 2.05) is 66.4 Å². The molecule has 1 fully saturated rings. The van der Waals surface area contributed by atoms with Gasteiger partial charge in [0.25, 0.3) is 11.8 Å². The first kappa shape index (κ1) is 22.0. The summed E-state index contributed by atoms with van der Waals surface area (Å²) in [4.78, 5) is 29.5. The van der Waals surface area contributed by atoms with E-state index in [1.165, 1.54) is 0 Å². The van der Waals surface area contributed by atoms with Gasteiger partial charge in [0, 0.05) is 42.9 Å². The Morgan fingerprint density at radius 3 is 2.35 bits per heavy atom. The number of nitrogens with zero attached hydrogens (tertiary/aromatic N) is 2. The third-order valence-electron chi connectivity index (χ3n) is 6.06. The molecule has 3 aromatic carbocycles. The lowest BCUT2D eigenvalue weighted by Crippen LogP contribution is -2.48. The number of anilines is 2. The third kappa shape index (κ3) is 4.50. The lowest BCUT2D eigenvalue weighted by Gasteiger charge is -2.35. The molecule has 1 aromatic heterocycles. The molecule has 4 aromatic rings. The fraction of sp³-hybridized carbons (Fsp3) is 0.185. The van der Waals surface area contributed by atoms with Gasteiger partial charge in [0.05, 0.1) is 10.6 Å². The molecule has 1 aliphatic heterocycles. The number of piperazine rings is 1. The van der Waals surface area contributed by atoms with Crippen molar-refractivity contribution in [1.82, 2.24) is 4.90 Å². The summed E-state index contributed by atoms with van der Waals surface area (Å²) in [6.45, 7) is 4.59. The molecule has 34 heavy (non-hydrogen) atoms. The van der Waals surface area contributed by atoms with E-state index in [4.69, 9.17) is 16.0 Å². The van der Waals surface area contributed by atoms with Crippen molar-refractivity contribution < 1.29 is 14.0 Å². The molecule has 1 N–H and O–H groups in total. The topological polar surface area (TPSA) is 65.8 Å². The van der Waals surface area contributed by atoms with Crippen LogP contribution in [0.3, 0.4) is 0 Å². The summed E-state index contributed by atoms with van der Waals surface area (Å²) >= 11 is 6.21. The second-order valence-electron chi connectivity index (χ2n) is 8.41. The number of para-hydroxylation sites is 1. The van der Waals surface area contributed by atoms with Gasteiger partial charge in [-0.3, -0.25) is 9.59 Å². The highest BCUT2D eigenvalue weighted by Gasteiger charge is 2.24. The van der Waals surface area contributed by atoms with Gasteiger partial charge < -0.3 is 19.5 Å². The number of carbonyl (C=O) groups excluding carboxylic acids is 2. The zero-order valence-electron chi connectivity index (χ0n) is 18.8. The number of nitrogens with one attached hydrogen (secondary N) is 1. The molecule has 1 aliphatic rings. The maximum absolute atomic E-state index is 12.9. The molecule has 2 amide bonds. The fourth-order valence-electron chi connectivity index (χ4n) is 4.17. The lowest BCUT2D eigenvalue weighted by molar-refractivity contribution is 0.0717. The molecule has 0 aliphatic carbocycles. The minimum absolute atomic E-state index is 0.0799. The highest BCUT2D eigenvalue weighted by Crippen LogP contribution is 2.24. The minimum atomic E-state index is -0.240. The number of fused-ring (bicyclic) bond motifs is 1. The average Bonchev–Trinajstić information content (AvgIpc) is 3.28.